The first-order valence-corrected chi connectivity index (χ1v) is 6.26. The molecule has 19 heavy (non-hydrogen) atoms. The minimum absolute atomic E-state index is 0.104. The number of nitrogens with one attached hydrogen (secondary N) is 1. The molecule has 0 spiro atoms. The summed E-state index contributed by atoms with van der Waals surface area (Å²) in [7, 11) is 0. The Kier molecular flexibility index (Phi) is 4.07. The number of aryl methyl sites for hydroxylation is 1. The molecule has 0 atom stereocenters. The normalized spacial score (nSPS) is 10.2. The molecule has 2 rings (SSSR count). The van der Waals surface area contributed by atoms with Gasteiger partial charge in [-0.3, -0.25) is 4.79 Å². The molecule has 2 N–H and O–H groups in total. The second-order valence-corrected chi connectivity index (χ2v) is 4.79. The third-order valence-corrected chi connectivity index (χ3v) is 3.01. The van der Waals surface area contributed by atoms with E-state index in [0.29, 0.717) is 10.7 Å². The number of carbonyl (C=O) groups is 1. The second-order valence-electron chi connectivity index (χ2n) is 4.35. The fourth-order valence-corrected chi connectivity index (χ4v) is 1.85. The molecule has 0 saturated carbocycles. The van der Waals surface area contributed by atoms with E-state index in [-0.39, 0.29) is 18.1 Å². The van der Waals surface area contributed by atoms with Crippen LogP contribution in [0.2, 0.25) is 5.02 Å². The Hall–Kier alpha value is -2.00. The Labute approximate surface area is 116 Å². The second kappa shape index (κ2) is 5.76. The standard InChI is InChI=1S/C15H14ClNO2/c1-10-8-13(6-7-14(10)18)17-15(19)9-11-2-4-12(16)5-3-11/h2-8,18H,9H2,1H3,(H,17,19). The van der Waals surface area contributed by atoms with Crippen molar-refractivity contribution in [1.82, 2.24) is 0 Å². The van der Waals surface area contributed by atoms with Crippen LogP contribution >= 0.6 is 11.6 Å². The zero-order valence-corrected chi connectivity index (χ0v) is 11.2. The first-order valence-electron chi connectivity index (χ1n) is 5.88. The summed E-state index contributed by atoms with van der Waals surface area (Å²) in [6.45, 7) is 1.78. The lowest BCUT2D eigenvalue weighted by Gasteiger charge is -2.07. The maximum atomic E-state index is 11.9. The van der Waals surface area contributed by atoms with Gasteiger partial charge in [0.1, 0.15) is 5.75 Å². The summed E-state index contributed by atoms with van der Waals surface area (Å²) in [6.07, 6.45) is 0.289. The summed E-state index contributed by atoms with van der Waals surface area (Å²) in [5.74, 6) is 0.114. The molecular weight excluding hydrogens is 262 g/mol. The van der Waals surface area contributed by atoms with Gasteiger partial charge >= 0.3 is 0 Å². The van der Waals surface area contributed by atoms with Gasteiger partial charge in [-0.1, -0.05) is 23.7 Å². The minimum atomic E-state index is -0.104. The first-order chi connectivity index (χ1) is 9.04. The predicted molar refractivity (Wildman–Crippen MR) is 76.6 cm³/mol. The molecule has 0 bridgehead atoms. The van der Waals surface area contributed by atoms with Crippen molar-refractivity contribution in [2.45, 2.75) is 13.3 Å². The highest BCUT2D eigenvalue weighted by Gasteiger charge is 2.05. The van der Waals surface area contributed by atoms with E-state index >= 15 is 0 Å². The largest absolute Gasteiger partial charge is 0.508 e. The van der Waals surface area contributed by atoms with E-state index in [2.05, 4.69) is 5.32 Å². The first kappa shape index (κ1) is 13.4. The molecule has 4 heteroatoms. The number of phenols is 1. The average molecular weight is 276 g/mol. The Balaban J connectivity index is 2.01. The summed E-state index contributed by atoms with van der Waals surface area (Å²) < 4.78 is 0. The lowest BCUT2D eigenvalue weighted by molar-refractivity contribution is -0.115. The number of carbonyl (C=O) groups excluding carboxylic acids is 1. The summed E-state index contributed by atoms with van der Waals surface area (Å²) >= 11 is 5.79. The zero-order valence-electron chi connectivity index (χ0n) is 10.5. The van der Waals surface area contributed by atoms with Gasteiger partial charge in [0.15, 0.2) is 0 Å². The van der Waals surface area contributed by atoms with E-state index in [4.69, 9.17) is 11.6 Å². The molecule has 0 fully saturated rings. The number of hydrogen-bond acceptors (Lipinski definition) is 2. The number of amides is 1. The number of anilines is 1. The van der Waals surface area contributed by atoms with Crippen molar-refractivity contribution in [3.8, 4) is 5.75 Å². The van der Waals surface area contributed by atoms with Gasteiger partial charge in [0.2, 0.25) is 5.91 Å². The minimum Gasteiger partial charge on any atom is -0.508 e. The van der Waals surface area contributed by atoms with Gasteiger partial charge in [0.25, 0.3) is 0 Å². The molecule has 0 aliphatic heterocycles. The van der Waals surface area contributed by atoms with Crippen LogP contribution in [-0.2, 0) is 11.2 Å². The molecule has 0 unspecified atom stereocenters. The van der Waals surface area contributed by atoms with Crippen molar-refractivity contribution >= 4 is 23.2 Å². The summed E-state index contributed by atoms with van der Waals surface area (Å²) in [5.41, 5.74) is 2.30. The molecule has 0 aromatic heterocycles. The van der Waals surface area contributed by atoms with E-state index < -0.39 is 0 Å². The van der Waals surface area contributed by atoms with E-state index in [1.807, 2.05) is 12.1 Å². The Bertz CT molecular complexity index is 594. The smallest absolute Gasteiger partial charge is 0.228 e. The Morgan fingerprint density at radius 3 is 2.53 bits per heavy atom. The quantitative estimate of drug-likeness (QED) is 0.842. The lowest BCUT2D eigenvalue weighted by Crippen LogP contribution is -2.14. The molecule has 98 valence electrons. The molecule has 0 aliphatic carbocycles. The summed E-state index contributed by atoms with van der Waals surface area (Å²) in [6, 6.07) is 12.1. The van der Waals surface area contributed by atoms with Crippen LogP contribution in [0.1, 0.15) is 11.1 Å². The van der Waals surface area contributed by atoms with Crippen LogP contribution in [0.3, 0.4) is 0 Å². The highest BCUT2D eigenvalue weighted by Crippen LogP contribution is 2.20. The number of hydrogen-bond donors (Lipinski definition) is 2. The molecule has 0 heterocycles. The van der Waals surface area contributed by atoms with Crippen molar-refractivity contribution in [3.63, 3.8) is 0 Å². The SMILES string of the molecule is Cc1cc(NC(=O)Cc2ccc(Cl)cc2)ccc1O. The van der Waals surface area contributed by atoms with E-state index in [9.17, 15) is 9.90 Å². The fourth-order valence-electron chi connectivity index (χ4n) is 1.73. The number of aromatic hydroxyl groups is 1. The third-order valence-electron chi connectivity index (χ3n) is 2.76. The van der Waals surface area contributed by atoms with Gasteiger partial charge in [-0.05, 0) is 48.4 Å². The molecule has 2 aromatic rings. The topological polar surface area (TPSA) is 49.3 Å². The van der Waals surface area contributed by atoms with Gasteiger partial charge in [0.05, 0.1) is 6.42 Å². The highest BCUT2D eigenvalue weighted by molar-refractivity contribution is 6.30. The van der Waals surface area contributed by atoms with Crippen LogP contribution in [0, 0.1) is 6.92 Å². The molecular formula is C15H14ClNO2. The zero-order chi connectivity index (χ0) is 13.8. The van der Waals surface area contributed by atoms with Crippen LogP contribution in [-0.4, -0.2) is 11.0 Å². The van der Waals surface area contributed by atoms with Crippen molar-refractivity contribution in [2.24, 2.45) is 0 Å². The number of halogens is 1. The Morgan fingerprint density at radius 1 is 1.21 bits per heavy atom. The van der Waals surface area contributed by atoms with E-state index in [1.165, 1.54) is 0 Å². The van der Waals surface area contributed by atoms with Crippen molar-refractivity contribution in [2.75, 3.05) is 5.32 Å². The maximum absolute atomic E-state index is 11.9. The third kappa shape index (κ3) is 3.73. The van der Waals surface area contributed by atoms with Crippen LogP contribution in [0.4, 0.5) is 5.69 Å². The average Bonchev–Trinajstić information content (AvgIpc) is 2.37. The summed E-state index contributed by atoms with van der Waals surface area (Å²) in [4.78, 5) is 11.9. The van der Waals surface area contributed by atoms with Crippen LogP contribution in [0.25, 0.3) is 0 Å². The van der Waals surface area contributed by atoms with Crippen molar-refractivity contribution in [1.29, 1.82) is 0 Å². The number of phenolic OH excluding ortho intramolecular Hbond substituents is 1. The van der Waals surface area contributed by atoms with Gasteiger partial charge in [-0.2, -0.15) is 0 Å². The number of rotatable bonds is 3. The predicted octanol–water partition coefficient (Wildman–Crippen LogP) is 3.54. The Morgan fingerprint density at radius 2 is 1.89 bits per heavy atom. The van der Waals surface area contributed by atoms with Crippen LogP contribution in [0.5, 0.6) is 5.75 Å². The molecule has 0 saturated heterocycles. The van der Waals surface area contributed by atoms with Gasteiger partial charge in [0, 0.05) is 10.7 Å². The van der Waals surface area contributed by atoms with E-state index in [1.54, 1.807) is 37.3 Å². The van der Waals surface area contributed by atoms with Gasteiger partial charge < -0.3 is 10.4 Å². The van der Waals surface area contributed by atoms with Crippen molar-refractivity contribution in [3.05, 3.63) is 58.6 Å². The lowest BCUT2D eigenvalue weighted by atomic mass is 10.1. The van der Waals surface area contributed by atoms with Crippen LogP contribution in [0.15, 0.2) is 42.5 Å². The van der Waals surface area contributed by atoms with Gasteiger partial charge in [-0.15, -0.1) is 0 Å². The summed E-state index contributed by atoms with van der Waals surface area (Å²) in [5, 5.41) is 12.9. The van der Waals surface area contributed by atoms with Gasteiger partial charge in [-0.25, -0.2) is 0 Å². The molecule has 0 aliphatic rings. The molecule has 3 nitrogen and oxygen atoms in total. The van der Waals surface area contributed by atoms with E-state index in [0.717, 1.165) is 11.1 Å². The highest BCUT2D eigenvalue weighted by atomic mass is 35.5. The molecule has 1 amide bonds. The van der Waals surface area contributed by atoms with Crippen molar-refractivity contribution < 1.29 is 9.90 Å². The van der Waals surface area contributed by atoms with Crippen LogP contribution < -0.4 is 5.32 Å². The fraction of sp³-hybridized carbons (Fsp3) is 0.133. The molecule has 2 aromatic carbocycles. The molecule has 0 radical (unpaired) electrons. The maximum Gasteiger partial charge on any atom is 0.228 e. The number of benzene rings is 2. The monoisotopic (exact) mass is 275 g/mol.